The van der Waals surface area contributed by atoms with Gasteiger partial charge < -0.3 is 15.8 Å². The molecule has 0 spiro atoms. The van der Waals surface area contributed by atoms with Crippen molar-refractivity contribution in [1.82, 2.24) is 10.3 Å². The zero-order valence-corrected chi connectivity index (χ0v) is 11.3. The molecule has 1 fully saturated rings. The molecule has 4 nitrogen and oxygen atoms in total. The number of pyridine rings is 1. The predicted octanol–water partition coefficient (Wildman–Crippen LogP) is 2.27. The summed E-state index contributed by atoms with van der Waals surface area (Å²) in [6.07, 6.45) is 5.14. The fourth-order valence-electron chi connectivity index (χ4n) is 2.72. The molecule has 0 radical (unpaired) electrons. The monoisotopic (exact) mass is 249 g/mol. The Morgan fingerprint density at radius 3 is 3.00 bits per heavy atom. The van der Waals surface area contributed by atoms with Crippen LogP contribution in [0.3, 0.4) is 0 Å². The Morgan fingerprint density at radius 2 is 2.39 bits per heavy atom. The molecule has 1 aliphatic rings. The van der Waals surface area contributed by atoms with Gasteiger partial charge in [-0.05, 0) is 38.8 Å². The van der Waals surface area contributed by atoms with E-state index < -0.39 is 0 Å². The summed E-state index contributed by atoms with van der Waals surface area (Å²) in [4.78, 5) is 4.19. The minimum atomic E-state index is -0.189. The van der Waals surface area contributed by atoms with E-state index in [1.54, 1.807) is 6.20 Å². The Kier molecular flexibility index (Phi) is 4.19. The number of nitrogens with two attached hydrogens (primary N) is 1. The van der Waals surface area contributed by atoms with Gasteiger partial charge in [0.1, 0.15) is 5.82 Å². The van der Waals surface area contributed by atoms with Crippen LogP contribution in [0.15, 0.2) is 18.3 Å². The van der Waals surface area contributed by atoms with Gasteiger partial charge in [0.05, 0.1) is 11.6 Å². The van der Waals surface area contributed by atoms with Gasteiger partial charge in [0.2, 0.25) is 0 Å². The van der Waals surface area contributed by atoms with Crippen molar-refractivity contribution in [3.63, 3.8) is 0 Å². The molecular weight excluding hydrogens is 226 g/mol. The van der Waals surface area contributed by atoms with Crippen LogP contribution in [-0.4, -0.2) is 23.7 Å². The maximum Gasteiger partial charge on any atom is 0.128 e. The van der Waals surface area contributed by atoms with Crippen LogP contribution in [0.5, 0.6) is 0 Å². The highest BCUT2D eigenvalue weighted by atomic mass is 16.5. The lowest BCUT2D eigenvalue weighted by Gasteiger charge is -2.41. The van der Waals surface area contributed by atoms with E-state index in [-0.39, 0.29) is 11.6 Å². The number of nitrogens with zero attached hydrogens (tertiary/aromatic N) is 1. The largest absolute Gasteiger partial charge is 0.383 e. The summed E-state index contributed by atoms with van der Waals surface area (Å²) in [5.74, 6) is 0.596. The Balaban J connectivity index is 2.30. The van der Waals surface area contributed by atoms with Gasteiger partial charge in [-0.1, -0.05) is 13.0 Å². The van der Waals surface area contributed by atoms with E-state index in [1.165, 1.54) is 6.42 Å². The van der Waals surface area contributed by atoms with Gasteiger partial charge in [-0.3, -0.25) is 0 Å². The Bertz CT molecular complexity index is 388. The summed E-state index contributed by atoms with van der Waals surface area (Å²) in [6, 6.07) is 4.08. The number of ether oxygens (including phenoxy) is 1. The van der Waals surface area contributed by atoms with Crippen LogP contribution < -0.4 is 11.1 Å². The van der Waals surface area contributed by atoms with Gasteiger partial charge in [-0.25, -0.2) is 4.98 Å². The lowest BCUT2D eigenvalue weighted by Crippen LogP contribution is -2.46. The molecule has 1 aliphatic heterocycles. The third kappa shape index (κ3) is 2.65. The van der Waals surface area contributed by atoms with Crippen molar-refractivity contribution in [2.45, 2.75) is 44.8 Å². The molecule has 2 atom stereocenters. The number of rotatable bonds is 4. The van der Waals surface area contributed by atoms with Crippen LogP contribution in [0, 0.1) is 0 Å². The van der Waals surface area contributed by atoms with Crippen molar-refractivity contribution >= 4 is 5.82 Å². The van der Waals surface area contributed by atoms with Gasteiger partial charge in [0.25, 0.3) is 0 Å². The second-order valence-corrected chi connectivity index (χ2v) is 5.09. The van der Waals surface area contributed by atoms with Crippen LogP contribution >= 0.6 is 0 Å². The zero-order valence-electron chi connectivity index (χ0n) is 11.3. The van der Waals surface area contributed by atoms with E-state index in [0.717, 1.165) is 31.6 Å². The molecular formula is C14H23N3O. The average molecular weight is 249 g/mol. The SMILES string of the molecule is CCNC(c1cccnc1N)C1(C)CCCCO1. The minimum absolute atomic E-state index is 0.108. The van der Waals surface area contributed by atoms with Crippen LogP contribution in [0.2, 0.25) is 0 Å². The first-order valence-corrected chi connectivity index (χ1v) is 6.75. The highest BCUT2D eigenvalue weighted by Gasteiger charge is 2.38. The summed E-state index contributed by atoms with van der Waals surface area (Å²) < 4.78 is 6.04. The highest BCUT2D eigenvalue weighted by molar-refractivity contribution is 5.42. The molecule has 1 aromatic heterocycles. The molecule has 4 heteroatoms. The summed E-state index contributed by atoms with van der Waals surface area (Å²) in [5.41, 5.74) is 6.87. The molecule has 0 bridgehead atoms. The molecule has 0 aromatic carbocycles. The number of nitrogen functional groups attached to an aromatic ring is 1. The topological polar surface area (TPSA) is 60.2 Å². The molecule has 0 saturated carbocycles. The van der Waals surface area contributed by atoms with E-state index in [0.29, 0.717) is 5.82 Å². The second-order valence-electron chi connectivity index (χ2n) is 5.09. The highest BCUT2D eigenvalue weighted by Crippen LogP contribution is 2.37. The number of hydrogen-bond donors (Lipinski definition) is 2. The normalized spacial score (nSPS) is 25.9. The third-order valence-electron chi connectivity index (χ3n) is 3.70. The number of hydrogen-bond acceptors (Lipinski definition) is 4. The van der Waals surface area contributed by atoms with Gasteiger partial charge >= 0.3 is 0 Å². The standard InChI is InChI=1S/C14H23N3O/c1-3-16-12(11-7-6-9-17-13(11)15)14(2)8-4-5-10-18-14/h6-7,9,12,16H,3-5,8,10H2,1-2H3,(H2,15,17). The number of nitrogens with one attached hydrogen (secondary N) is 1. The van der Waals surface area contributed by atoms with Gasteiger partial charge in [-0.2, -0.15) is 0 Å². The van der Waals surface area contributed by atoms with Crippen molar-refractivity contribution in [3.8, 4) is 0 Å². The maximum atomic E-state index is 6.04. The molecule has 1 aromatic rings. The maximum absolute atomic E-state index is 6.04. The molecule has 2 unspecified atom stereocenters. The summed E-state index contributed by atoms with van der Waals surface area (Å²) in [5, 5.41) is 3.50. The van der Waals surface area contributed by atoms with E-state index in [2.05, 4.69) is 24.1 Å². The van der Waals surface area contributed by atoms with E-state index in [4.69, 9.17) is 10.5 Å². The van der Waals surface area contributed by atoms with Crippen molar-refractivity contribution in [3.05, 3.63) is 23.9 Å². The molecule has 0 amide bonds. The quantitative estimate of drug-likeness (QED) is 0.859. The van der Waals surface area contributed by atoms with Crippen LogP contribution in [0.4, 0.5) is 5.82 Å². The van der Waals surface area contributed by atoms with E-state index in [1.807, 2.05) is 12.1 Å². The second kappa shape index (κ2) is 5.67. The van der Waals surface area contributed by atoms with Crippen LogP contribution in [0.25, 0.3) is 0 Å². The Morgan fingerprint density at radius 1 is 1.56 bits per heavy atom. The molecule has 2 rings (SSSR count). The fourth-order valence-corrected chi connectivity index (χ4v) is 2.72. The fraction of sp³-hybridized carbons (Fsp3) is 0.643. The van der Waals surface area contributed by atoms with Crippen LogP contribution in [0.1, 0.15) is 44.7 Å². The van der Waals surface area contributed by atoms with E-state index in [9.17, 15) is 0 Å². The number of likely N-dealkylation sites (N-methyl/N-ethyl adjacent to an activating group) is 1. The molecule has 1 saturated heterocycles. The predicted molar refractivity (Wildman–Crippen MR) is 73.3 cm³/mol. The van der Waals surface area contributed by atoms with E-state index >= 15 is 0 Å². The number of anilines is 1. The summed E-state index contributed by atoms with van der Waals surface area (Å²) in [6.45, 7) is 5.99. The van der Waals surface area contributed by atoms with Crippen molar-refractivity contribution in [2.75, 3.05) is 18.9 Å². The molecule has 100 valence electrons. The lowest BCUT2D eigenvalue weighted by molar-refractivity contribution is -0.0894. The first-order chi connectivity index (χ1) is 8.67. The minimum Gasteiger partial charge on any atom is -0.383 e. The zero-order chi connectivity index (χ0) is 13.0. The summed E-state index contributed by atoms with van der Waals surface area (Å²) >= 11 is 0. The van der Waals surface area contributed by atoms with Gasteiger partial charge in [-0.15, -0.1) is 0 Å². The van der Waals surface area contributed by atoms with Gasteiger partial charge in [0.15, 0.2) is 0 Å². The van der Waals surface area contributed by atoms with Crippen molar-refractivity contribution < 1.29 is 4.74 Å². The first kappa shape index (κ1) is 13.3. The van der Waals surface area contributed by atoms with Crippen LogP contribution in [-0.2, 0) is 4.74 Å². The Labute approximate surface area is 109 Å². The van der Waals surface area contributed by atoms with Gasteiger partial charge in [0, 0.05) is 18.4 Å². The third-order valence-corrected chi connectivity index (χ3v) is 3.70. The Hall–Kier alpha value is -1.13. The molecule has 3 N–H and O–H groups in total. The molecule has 18 heavy (non-hydrogen) atoms. The van der Waals surface area contributed by atoms with Crippen molar-refractivity contribution in [1.29, 1.82) is 0 Å². The molecule has 0 aliphatic carbocycles. The smallest absolute Gasteiger partial charge is 0.128 e. The van der Waals surface area contributed by atoms with Crippen molar-refractivity contribution in [2.24, 2.45) is 0 Å². The molecule has 2 heterocycles. The first-order valence-electron chi connectivity index (χ1n) is 6.75. The number of aromatic nitrogens is 1. The summed E-state index contributed by atoms with van der Waals surface area (Å²) in [7, 11) is 0. The lowest BCUT2D eigenvalue weighted by atomic mass is 9.84. The average Bonchev–Trinajstić information content (AvgIpc) is 2.38.